The monoisotopic (exact) mass is 333 g/mol. The molecule has 7 heteroatoms. The SMILES string of the molecule is CCCCc1noc([C@H](C)NC[C@H]2CCO[C@@H]2c2cnn(C)c2)n1. The first-order valence-corrected chi connectivity index (χ1v) is 8.83. The third-order valence-electron chi connectivity index (χ3n) is 4.56. The second kappa shape index (κ2) is 7.90. The van der Waals surface area contributed by atoms with Crippen LogP contribution in [0.5, 0.6) is 0 Å². The van der Waals surface area contributed by atoms with Gasteiger partial charge in [-0.25, -0.2) is 0 Å². The number of hydrogen-bond acceptors (Lipinski definition) is 6. The van der Waals surface area contributed by atoms with E-state index in [9.17, 15) is 0 Å². The van der Waals surface area contributed by atoms with Crippen molar-refractivity contribution in [2.75, 3.05) is 13.2 Å². The lowest BCUT2D eigenvalue weighted by Gasteiger charge is -2.19. The van der Waals surface area contributed by atoms with Crippen LogP contribution in [0.3, 0.4) is 0 Å². The zero-order chi connectivity index (χ0) is 16.9. The second-order valence-corrected chi connectivity index (χ2v) is 6.57. The van der Waals surface area contributed by atoms with Crippen LogP contribution in [0.1, 0.15) is 62.5 Å². The van der Waals surface area contributed by atoms with E-state index in [1.54, 1.807) is 0 Å². The quantitative estimate of drug-likeness (QED) is 0.800. The minimum atomic E-state index is 0.0445. The molecule has 2 aromatic rings. The smallest absolute Gasteiger partial charge is 0.243 e. The summed E-state index contributed by atoms with van der Waals surface area (Å²) in [6.07, 6.45) is 8.19. The van der Waals surface area contributed by atoms with E-state index >= 15 is 0 Å². The Hall–Kier alpha value is -1.73. The fourth-order valence-corrected chi connectivity index (χ4v) is 3.09. The van der Waals surface area contributed by atoms with Gasteiger partial charge >= 0.3 is 0 Å². The van der Waals surface area contributed by atoms with Gasteiger partial charge in [0.05, 0.1) is 18.3 Å². The van der Waals surface area contributed by atoms with Crippen molar-refractivity contribution >= 4 is 0 Å². The first-order chi connectivity index (χ1) is 11.7. The van der Waals surface area contributed by atoms with Gasteiger partial charge in [0, 0.05) is 44.3 Å². The van der Waals surface area contributed by atoms with Crippen LogP contribution in [0, 0.1) is 5.92 Å². The number of nitrogens with zero attached hydrogens (tertiary/aromatic N) is 4. The molecule has 1 saturated heterocycles. The molecule has 0 aromatic carbocycles. The number of nitrogens with one attached hydrogen (secondary N) is 1. The molecule has 0 saturated carbocycles. The van der Waals surface area contributed by atoms with E-state index in [1.165, 1.54) is 0 Å². The first-order valence-electron chi connectivity index (χ1n) is 8.83. The van der Waals surface area contributed by atoms with Gasteiger partial charge in [0.1, 0.15) is 0 Å². The highest BCUT2D eigenvalue weighted by atomic mass is 16.5. The number of aromatic nitrogens is 4. The lowest BCUT2D eigenvalue weighted by Crippen LogP contribution is -2.27. The Morgan fingerprint density at radius 3 is 3.08 bits per heavy atom. The normalized spacial score (nSPS) is 22.1. The summed E-state index contributed by atoms with van der Waals surface area (Å²) in [7, 11) is 1.93. The van der Waals surface area contributed by atoms with Crippen LogP contribution < -0.4 is 5.32 Å². The lowest BCUT2D eigenvalue weighted by molar-refractivity contribution is 0.0895. The molecule has 3 heterocycles. The third kappa shape index (κ3) is 4.02. The molecular formula is C17H27N5O2. The van der Waals surface area contributed by atoms with Crippen molar-refractivity contribution in [2.24, 2.45) is 13.0 Å². The Kier molecular flexibility index (Phi) is 5.63. The van der Waals surface area contributed by atoms with Gasteiger partial charge in [-0.05, 0) is 19.8 Å². The van der Waals surface area contributed by atoms with Crippen molar-refractivity contribution in [1.29, 1.82) is 0 Å². The predicted octanol–water partition coefficient (Wildman–Crippen LogP) is 2.57. The largest absolute Gasteiger partial charge is 0.373 e. The molecule has 0 bridgehead atoms. The van der Waals surface area contributed by atoms with Gasteiger partial charge in [-0.1, -0.05) is 18.5 Å². The van der Waals surface area contributed by atoms with E-state index in [4.69, 9.17) is 9.26 Å². The fraction of sp³-hybridized carbons (Fsp3) is 0.706. The molecule has 7 nitrogen and oxygen atoms in total. The Balaban J connectivity index is 1.53. The minimum Gasteiger partial charge on any atom is -0.373 e. The maximum absolute atomic E-state index is 5.91. The highest BCUT2D eigenvalue weighted by Gasteiger charge is 2.31. The molecule has 3 atom stereocenters. The average molecular weight is 333 g/mol. The van der Waals surface area contributed by atoms with E-state index in [-0.39, 0.29) is 12.1 Å². The van der Waals surface area contributed by atoms with Crippen LogP contribution >= 0.6 is 0 Å². The number of rotatable bonds is 8. The number of unbranched alkanes of at least 4 members (excludes halogenated alkanes) is 1. The Morgan fingerprint density at radius 1 is 1.46 bits per heavy atom. The van der Waals surface area contributed by atoms with E-state index < -0.39 is 0 Å². The zero-order valence-electron chi connectivity index (χ0n) is 14.7. The maximum atomic E-state index is 5.91. The number of ether oxygens (including phenoxy) is 1. The molecule has 1 N–H and O–H groups in total. The van der Waals surface area contributed by atoms with Crippen LogP contribution in [0.25, 0.3) is 0 Å². The van der Waals surface area contributed by atoms with E-state index in [0.717, 1.165) is 50.2 Å². The molecule has 0 aliphatic carbocycles. The minimum absolute atomic E-state index is 0.0445. The van der Waals surface area contributed by atoms with Crippen molar-refractivity contribution in [3.8, 4) is 0 Å². The molecule has 1 fully saturated rings. The summed E-state index contributed by atoms with van der Waals surface area (Å²) in [5.74, 6) is 1.90. The molecule has 0 spiro atoms. The molecular weight excluding hydrogens is 306 g/mol. The molecule has 0 unspecified atom stereocenters. The standard InChI is InChI=1S/C17H27N5O2/c1-4-5-6-15-20-17(24-21-15)12(2)18-9-13-7-8-23-16(13)14-10-19-22(3)11-14/h10-13,16,18H,4-9H2,1-3H3/t12-,13+,16-/m0/s1. The highest BCUT2D eigenvalue weighted by molar-refractivity contribution is 5.11. The Bertz CT molecular complexity index is 638. The van der Waals surface area contributed by atoms with Gasteiger partial charge in [0.2, 0.25) is 5.89 Å². The summed E-state index contributed by atoms with van der Waals surface area (Å²) in [6, 6.07) is 0.0445. The number of hydrogen-bond donors (Lipinski definition) is 1. The average Bonchev–Trinajstić information content (AvgIpc) is 3.30. The Morgan fingerprint density at radius 2 is 2.33 bits per heavy atom. The van der Waals surface area contributed by atoms with E-state index in [0.29, 0.717) is 11.8 Å². The van der Waals surface area contributed by atoms with E-state index in [1.807, 2.05) is 24.1 Å². The summed E-state index contributed by atoms with van der Waals surface area (Å²) in [4.78, 5) is 4.49. The van der Waals surface area contributed by atoms with Crippen LogP contribution in [0.15, 0.2) is 16.9 Å². The van der Waals surface area contributed by atoms with Crippen molar-refractivity contribution in [1.82, 2.24) is 25.2 Å². The van der Waals surface area contributed by atoms with Gasteiger partial charge in [-0.3, -0.25) is 4.68 Å². The van der Waals surface area contributed by atoms with Gasteiger partial charge < -0.3 is 14.6 Å². The summed E-state index contributed by atoms with van der Waals surface area (Å²) >= 11 is 0. The maximum Gasteiger partial charge on any atom is 0.243 e. The summed E-state index contributed by atoms with van der Waals surface area (Å²) in [5, 5.41) is 11.8. The topological polar surface area (TPSA) is 78.0 Å². The molecule has 3 rings (SSSR count). The molecule has 1 aliphatic heterocycles. The molecule has 132 valence electrons. The second-order valence-electron chi connectivity index (χ2n) is 6.57. The van der Waals surface area contributed by atoms with Crippen molar-refractivity contribution in [3.05, 3.63) is 29.7 Å². The number of aryl methyl sites for hydroxylation is 2. The van der Waals surface area contributed by atoms with Gasteiger partial charge in [-0.15, -0.1) is 0 Å². The van der Waals surface area contributed by atoms with Crippen molar-refractivity contribution in [2.45, 2.75) is 51.7 Å². The molecule has 1 aliphatic rings. The third-order valence-corrected chi connectivity index (χ3v) is 4.56. The van der Waals surface area contributed by atoms with Crippen molar-refractivity contribution < 1.29 is 9.26 Å². The lowest BCUT2D eigenvalue weighted by atomic mass is 9.97. The first kappa shape index (κ1) is 17.1. The van der Waals surface area contributed by atoms with Crippen LogP contribution in [0.2, 0.25) is 0 Å². The Labute approximate surface area is 142 Å². The van der Waals surface area contributed by atoms with Crippen LogP contribution in [-0.2, 0) is 18.2 Å². The van der Waals surface area contributed by atoms with Crippen LogP contribution in [0.4, 0.5) is 0 Å². The molecule has 24 heavy (non-hydrogen) atoms. The highest BCUT2D eigenvalue weighted by Crippen LogP contribution is 2.34. The summed E-state index contributed by atoms with van der Waals surface area (Å²) in [6.45, 7) is 5.87. The van der Waals surface area contributed by atoms with Crippen LogP contribution in [-0.4, -0.2) is 33.1 Å². The summed E-state index contributed by atoms with van der Waals surface area (Å²) < 4.78 is 13.1. The van der Waals surface area contributed by atoms with E-state index in [2.05, 4.69) is 34.4 Å². The van der Waals surface area contributed by atoms with Gasteiger partial charge in [0.25, 0.3) is 0 Å². The zero-order valence-corrected chi connectivity index (χ0v) is 14.7. The van der Waals surface area contributed by atoms with Gasteiger partial charge in [0.15, 0.2) is 5.82 Å². The fourth-order valence-electron chi connectivity index (χ4n) is 3.09. The molecule has 2 aromatic heterocycles. The predicted molar refractivity (Wildman–Crippen MR) is 89.3 cm³/mol. The van der Waals surface area contributed by atoms with Crippen molar-refractivity contribution in [3.63, 3.8) is 0 Å². The summed E-state index contributed by atoms with van der Waals surface area (Å²) in [5.41, 5.74) is 1.15. The molecule has 0 amide bonds. The van der Waals surface area contributed by atoms with Gasteiger partial charge in [-0.2, -0.15) is 10.1 Å². The molecule has 0 radical (unpaired) electrons.